The summed E-state index contributed by atoms with van der Waals surface area (Å²) in [4.78, 5) is 4.87. The van der Waals surface area contributed by atoms with Gasteiger partial charge in [-0.15, -0.1) is 0 Å². The van der Waals surface area contributed by atoms with Crippen molar-refractivity contribution in [3.8, 4) is 22.8 Å². The fraction of sp³-hybridized carbons (Fsp3) is 0.125. The van der Waals surface area contributed by atoms with E-state index in [1.165, 1.54) is 0 Å². The Morgan fingerprint density at radius 1 is 0.897 bits per heavy atom. The molecular formula is C24H20BrNO3. The number of benzene rings is 3. The molecular weight excluding hydrogens is 430 g/mol. The Bertz CT molecular complexity index is 1200. The number of hydrogen-bond acceptors (Lipinski definition) is 4. The van der Waals surface area contributed by atoms with Gasteiger partial charge >= 0.3 is 0 Å². The van der Waals surface area contributed by atoms with Crippen LogP contribution in [0.1, 0.15) is 6.92 Å². The number of ether oxygens (including phenoxy) is 2. The smallest absolute Gasteiger partial charge is 0.137 e. The van der Waals surface area contributed by atoms with Crippen LogP contribution >= 0.6 is 15.9 Å². The van der Waals surface area contributed by atoms with Crippen molar-refractivity contribution in [1.82, 2.24) is 0 Å². The van der Waals surface area contributed by atoms with Gasteiger partial charge in [0.15, 0.2) is 0 Å². The van der Waals surface area contributed by atoms with Crippen LogP contribution in [0.25, 0.3) is 22.3 Å². The molecule has 29 heavy (non-hydrogen) atoms. The first-order chi connectivity index (χ1) is 14.2. The van der Waals surface area contributed by atoms with Crippen LogP contribution in [0.4, 0.5) is 5.69 Å². The third kappa shape index (κ3) is 4.35. The number of rotatable bonds is 5. The van der Waals surface area contributed by atoms with Gasteiger partial charge in [-0.1, -0.05) is 15.9 Å². The van der Waals surface area contributed by atoms with Gasteiger partial charge in [0, 0.05) is 21.5 Å². The fourth-order valence-electron chi connectivity index (χ4n) is 3.05. The summed E-state index contributed by atoms with van der Waals surface area (Å²) in [5, 5.41) is 1.72. The minimum Gasteiger partial charge on any atom is -0.497 e. The van der Waals surface area contributed by atoms with Gasteiger partial charge in [0.2, 0.25) is 0 Å². The van der Waals surface area contributed by atoms with E-state index in [4.69, 9.17) is 18.9 Å². The second-order valence-electron chi connectivity index (χ2n) is 6.40. The Hall–Kier alpha value is -3.05. The Balaban J connectivity index is 1.92. The van der Waals surface area contributed by atoms with Gasteiger partial charge in [0.25, 0.3) is 0 Å². The lowest BCUT2D eigenvalue weighted by atomic mass is 10.1. The summed E-state index contributed by atoms with van der Waals surface area (Å²) < 4.78 is 18.1. The molecule has 1 heterocycles. The molecule has 4 rings (SSSR count). The summed E-state index contributed by atoms with van der Waals surface area (Å²) in [7, 11) is 1.65. The minimum absolute atomic E-state index is 0.603. The summed E-state index contributed by atoms with van der Waals surface area (Å²) in [6, 6.07) is 23.4. The quantitative estimate of drug-likeness (QED) is 0.349. The summed E-state index contributed by atoms with van der Waals surface area (Å²) >= 11 is 3.47. The highest BCUT2D eigenvalue weighted by Gasteiger charge is 2.08. The van der Waals surface area contributed by atoms with Crippen molar-refractivity contribution in [2.24, 2.45) is 4.99 Å². The number of fused-ring (bicyclic) bond motifs is 1. The molecule has 0 radical (unpaired) electrons. The van der Waals surface area contributed by atoms with E-state index in [2.05, 4.69) is 15.9 Å². The van der Waals surface area contributed by atoms with Gasteiger partial charge in [-0.3, -0.25) is 0 Å². The molecule has 0 aliphatic rings. The predicted octanol–water partition coefficient (Wildman–Crippen LogP) is 6.50. The molecule has 0 bridgehead atoms. The first-order valence-electron chi connectivity index (χ1n) is 9.31. The zero-order chi connectivity index (χ0) is 20.2. The summed E-state index contributed by atoms with van der Waals surface area (Å²) in [5.74, 6) is 2.33. The van der Waals surface area contributed by atoms with Crippen LogP contribution in [-0.4, -0.2) is 13.7 Å². The van der Waals surface area contributed by atoms with Gasteiger partial charge in [-0.2, -0.15) is 0 Å². The van der Waals surface area contributed by atoms with Crippen molar-refractivity contribution in [2.75, 3.05) is 13.7 Å². The maximum Gasteiger partial charge on any atom is 0.137 e. The maximum absolute atomic E-state index is 6.19. The Labute approximate surface area is 177 Å². The van der Waals surface area contributed by atoms with Crippen molar-refractivity contribution in [2.45, 2.75) is 6.92 Å². The van der Waals surface area contributed by atoms with E-state index in [0.717, 1.165) is 49.3 Å². The number of nitrogens with zero attached hydrogens (tertiary/aromatic N) is 1. The highest BCUT2D eigenvalue weighted by atomic mass is 79.9. The molecule has 0 atom stereocenters. The van der Waals surface area contributed by atoms with E-state index < -0.39 is 0 Å². The minimum atomic E-state index is 0.603. The van der Waals surface area contributed by atoms with Gasteiger partial charge in [-0.05, 0) is 73.7 Å². The molecule has 1 aromatic heterocycles. The molecule has 0 fully saturated rings. The van der Waals surface area contributed by atoms with Crippen molar-refractivity contribution in [1.29, 1.82) is 0 Å². The van der Waals surface area contributed by atoms with Crippen LogP contribution in [0.3, 0.4) is 0 Å². The molecule has 0 amide bonds. The molecule has 0 saturated carbocycles. The molecule has 0 aliphatic carbocycles. The van der Waals surface area contributed by atoms with E-state index in [0.29, 0.717) is 6.61 Å². The van der Waals surface area contributed by atoms with E-state index in [9.17, 15) is 0 Å². The first-order valence-corrected chi connectivity index (χ1v) is 10.1. The van der Waals surface area contributed by atoms with Gasteiger partial charge in [0.1, 0.15) is 22.8 Å². The Morgan fingerprint density at radius 3 is 2.31 bits per heavy atom. The normalized spacial score (nSPS) is 11.6. The van der Waals surface area contributed by atoms with E-state index in [-0.39, 0.29) is 0 Å². The summed E-state index contributed by atoms with van der Waals surface area (Å²) in [6.45, 7) is 2.57. The van der Waals surface area contributed by atoms with Crippen LogP contribution in [0.5, 0.6) is 11.5 Å². The Kier molecular flexibility index (Phi) is 5.67. The molecule has 3 aromatic carbocycles. The third-order valence-electron chi connectivity index (χ3n) is 4.48. The molecule has 146 valence electrons. The van der Waals surface area contributed by atoms with Crippen molar-refractivity contribution in [3.05, 3.63) is 82.6 Å². The first kappa shape index (κ1) is 19.3. The molecule has 4 nitrogen and oxygen atoms in total. The highest BCUT2D eigenvalue weighted by molar-refractivity contribution is 9.10. The lowest BCUT2D eigenvalue weighted by Gasteiger charge is -2.08. The average molecular weight is 450 g/mol. The van der Waals surface area contributed by atoms with Crippen LogP contribution in [-0.2, 0) is 0 Å². The number of hydrogen-bond donors (Lipinski definition) is 0. The highest BCUT2D eigenvalue weighted by Crippen LogP contribution is 2.27. The second kappa shape index (κ2) is 8.53. The second-order valence-corrected chi connectivity index (χ2v) is 7.32. The van der Waals surface area contributed by atoms with Gasteiger partial charge in [0.05, 0.1) is 24.8 Å². The standard InChI is InChI=1S/C24H20BrNO3/c1-3-28-20-12-13-23-21(14-20)22(26-18-8-6-17(25)7-9-18)15-24(29-23)16-4-10-19(27-2)11-5-16/h4-15H,3H2,1-2H3. The van der Waals surface area contributed by atoms with Crippen molar-refractivity contribution in [3.63, 3.8) is 0 Å². The van der Waals surface area contributed by atoms with E-state index >= 15 is 0 Å². The van der Waals surface area contributed by atoms with Crippen molar-refractivity contribution >= 4 is 32.6 Å². The van der Waals surface area contributed by atoms with Crippen LogP contribution in [0.15, 0.2) is 86.7 Å². The zero-order valence-corrected chi connectivity index (χ0v) is 17.8. The number of methoxy groups -OCH3 is 1. The zero-order valence-electron chi connectivity index (χ0n) is 16.2. The average Bonchev–Trinajstić information content (AvgIpc) is 2.76. The molecule has 0 spiro atoms. The number of halogens is 1. The molecule has 4 aromatic rings. The van der Waals surface area contributed by atoms with Crippen molar-refractivity contribution < 1.29 is 13.9 Å². The molecule has 5 heteroatoms. The lowest BCUT2D eigenvalue weighted by Crippen LogP contribution is -2.04. The van der Waals surface area contributed by atoms with Crippen LogP contribution in [0.2, 0.25) is 0 Å². The molecule has 0 saturated heterocycles. The SMILES string of the molecule is CCOc1ccc2oc(-c3ccc(OC)cc3)cc(=Nc3ccc(Br)cc3)c2c1. The molecule has 0 unspecified atom stereocenters. The Morgan fingerprint density at radius 2 is 1.62 bits per heavy atom. The summed E-state index contributed by atoms with van der Waals surface area (Å²) in [5.41, 5.74) is 2.56. The largest absolute Gasteiger partial charge is 0.497 e. The lowest BCUT2D eigenvalue weighted by molar-refractivity contribution is 0.340. The molecule has 0 aliphatic heterocycles. The predicted molar refractivity (Wildman–Crippen MR) is 119 cm³/mol. The summed E-state index contributed by atoms with van der Waals surface area (Å²) in [6.07, 6.45) is 0. The van der Waals surface area contributed by atoms with Crippen LogP contribution in [0, 0.1) is 0 Å². The van der Waals surface area contributed by atoms with Gasteiger partial charge in [-0.25, -0.2) is 4.99 Å². The molecule has 0 N–H and O–H groups in total. The van der Waals surface area contributed by atoms with E-state index in [1.807, 2.05) is 79.7 Å². The van der Waals surface area contributed by atoms with E-state index in [1.54, 1.807) is 7.11 Å². The van der Waals surface area contributed by atoms with Crippen LogP contribution < -0.4 is 14.8 Å². The van der Waals surface area contributed by atoms with Gasteiger partial charge < -0.3 is 13.9 Å². The fourth-order valence-corrected chi connectivity index (χ4v) is 3.31. The maximum atomic E-state index is 6.19. The monoisotopic (exact) mass is 449 g/mol. The topological polar surface area (TPSA) is 44.0 Å². The third-order valence-corrected chi connectivity index (χ3v) is 5.01.